The molecule has 0 fully saturated rings. The second-order valence-electron chi connectivity index (χ2n) is 8.62. The highest BCUT2D eigenvalue weighted by Crippen LogP contribution is 2.29. The lowest BCUT2D eigenvalue weighted by atomic mass is 10.0. The van der Waals surface area contributed by atoms with Crippen LogP contribution >= 0.6 is 0 Å². The standard InChI is InChI=1S/C28H29N3O4/c1-20-26(30-31(29-20)23-12-6-5-7-13-23)16-17-34-24-14-8-10-21(18-24)22-11-9-15-25(19-22)35-28(2,3)27(32)33-4/h5-15,18-19H,16-17H2,1-4H3. The molecule has 0 radical (unpaired) electrons. The Bertz CT molecular complexity index is 1300. The molecule has 4 aromatic rings. The molecule has 180 valence electrons. The Labute approximate surface area is 205 Å². The summed E-state index contributed by atoms with van der Waals surface area (Å²) in [5.41, 5.74) is 3.57. The van der Waals surface area contributed by atoms with Crippen LogP contribution in [0.5, 0.6) is 11.5 Å². The minimum atomic E-state index is -1.08. The molecule has 0 saturated carbocycles. The van der Waals surface area contributed by atoms with Crippen LogP contribution in [0.3, 0.4) is 0 Å². The van der Waals surface area contributed by atoms with Crippen LogP contribution in [-0.2, 0) is 16.0 Å². The van der Waals surface area contributed by atoms with E-state index in [0.717, 1.165) is 34.0 Å². The van der Waals surface area contributed by atoms with E-state index in [9.17, 15) is 4.79 Å². The van der Waals surface area contributed by atoms with Crippen LogP contribution in [0.1, 0.15) is 25.2 Å². The summed E-state index contributed by atoms with van der Waals surface area (Å²) in [6.45, 7) is 5.80. The number of esters is 1. The normalized spacial score (nSPS) is 11.2. The highest BCUT2D eigenvalue weighted by Gasteiger charge is 2.31. The fraction of sp³-hybridized carbons (Fsp3) is 0.250. The molecule has 7 heteroatoms. The van der Waals surface area contributed by atoms with E-state index in [1.807, 2.05) is 85.8 Å². The van der Waals surface area contributed by atoms with Gasteiger partial charge in [-0.05, 0) is 68.3 Å². The van der Waals surface area contributed by atoms with Crippen molar-refractivity contribution in [3.63, 3.8) is 0 Å². The van der Waals surface area contributed by atoms with Gasteiger partial charge in [-0.1, -0.05) is 42.5 Å². The molecule has 0 N–H and O–H groups in total. The van der Waals surface area contributed by atoms with Gasteiger partial charge in [0.05, 0.1) is 30.8 Å². The van der Waals surface area contributed by atoms with Gasteiger partial charge in [0.15, 0.2) is 5.60 Å². The molecule has 0 aliphatic heterocycles. The number of carbonyl (C=O) groups excluding carboxylic acids is 1. The van der Waals surface area contributed by atoms with Crippen LogP contribution in [0.2, 0.25) is 0 Å². The Kier molecular flexibility index (Phi) is 7.15. The molecule has 0 amide bonds. The van der Waals surface area contributed by atoms with Crippen molar-refractivity contribution in [2.45, 2.75) is 32.8 Å². The number of methoxy groups -OCH3 is 1. The van der Waals surface area contributed by atoms with Gasteiger partial charge in [0.25, 0.3) is 0 Å². The molecule has 35 heavy (non-hydrogen) atoms. The molecule has 0 spiro atoms. The maximum atomic E-state index is 12.0. The van der Waals surface area contributed by atoms with Gasteiger partial charge in [0, 0.05) is 6.42 Å². The summed E-state index contributed by atoms with van der Waals surface area (Å²) < 4.78 is 16.7. The topological polar surface area (TPSA) is 75.5 Å². The van der Waals surface area contributed by atoms with Crippen LogP contribution in [0.4, 0.5) is 0 Å². The second kappa shape index (κ2) is 10.4. The number of hydrogen-bond acceptors (Lipinski definition) is 6. The summed E-state index contributed by atoms with van der Waals surface area (Å²) in [6.07, 6.45) is 0.648. The maximum absolute atomic E-state index is 12.0. The van der Waals surface area contributed by atoms with Crippen LogP contribution in [0, 0.1) is 6.92 Å². The third kappa shape index (κ3) is 5.87. The number of aryl methyl sites for hydroxylation is 1. The van der Waals surface area contributed by atoms with Crippen molar-refractivity contribution in [1.82, 2.24) is 15.0 Å². The molecule has 0 bridgehead atoms. The van der Waals surface area contributed by atoms with Crippen molar-refractivity contribution in [1.29, 1.82) is 0 Å². The van der Waals surface area contributed by atoms with Gasteiger partial charge in [0.2, 0.25) is 0 Å². The van der Waals surface area contributed by atoms with Crippen LogP contribution < -0.4 is 9.47 Å². The summed E-state index contributed by atoms with van der Waals surface area (Å²) in [5.74, 6) is 0.912. The van der Waals surface area contributed by atoms with Crippen molar-refractivity contribution in [2.75, 3.05) is 13.7 Å². The monoisotopic (exact) mass is 471 g/mol. The Morgan fingerprint density at radius 1 is 0.886 bits per heavy atom. The van der Waals surface area contributed by atoms with Gasteiger partial charge < -0.3 is 14.2 Å². The largest absolute Gasteiger partial charge is 0.493 e. The fourth-order valence-corrected chi connectivity index (χ4v) is 3.67. The first kappa shape index (κ1) is 24.0. The number of benzene rings is 3. The predicted molar refractivity (Wildman–Crippen MR) is 134 cm³/mol. The van der Waals surface area contributed by atoms with Gasteiger partial charge >= 0.3 is 5.97 Å². The molecule has 0 aliphatic rings. The SMILES string of the molecule is COC(=O)C(C)(C)Oc1cccc(-c2cccc(OCCc3nn(-c4ccccc4)nc3C)c2)c1. The van der Waals surface area contributed by atoms with Gasteiger partial charge in [-0.2, -0.15) is 15.0 Å². The lowest BCUT2D eigenvalue weighted by molar-refractivity contribution is -0.156. The zero-order chi connectivity index (χ0) is 24.8. The van der Waals surface area contributed by atoms with Crippen molar-refractivity contribution in [3.8, 4) is 28.3 Å². The van der Waals surface area contributed by atoms with Crippen LogP contribution in [0.25, 0.3) is 16.8 Å². The van der Waals surface area contributed by atoms with E-state index < -0.39 is 11.6 Å². The highest BCUT2D eigenvalue weighted by molar-refractivity contribution is 5.79. The summed E-state index contributed by atoms with van der Waals surface area (Å²) in [7, 11) is 1.35. The molecule has 0 saturated heterocycles. The van der Waals surface area contributed by atoms with Crippen molar-refractivity contribution in [2.24, 2.45) is 0 Å². The minimum Gasteiger partial charge on any atom is -0.493 e. The van der Waals surface area contributed by atoms with Gasteiger partial charge in [-0.15, -0.1) is 0 Å². The average Bonchev–Trinajstić information content (AvgIpc) is 3.24. The van der Waals surface area contributed by atoms with E-state index in [4.69, 9.17) is 14.2 Å². The first-order valence-electron chi connectivity index (χ1n) is 11.4. The van der Waals surface area contributed by atoms with Crippen molar-refractivity contribution < 1.29 is 19.0 Å². The van der Waals surface area contributed by atoms with E-state index in [2.05, 4.69) is 10.2 Å². The van der Waals surface area contributed by atoms with E-state index >= 15 is 0 Å². The molecular formula is C28H29N3O4. The van der Waals surface area contributed by atoms with Crippen molar-refractivity contribution in [3.05, 3.63) is 90.3 Å². The lowest BCUT2D eigenvalue weighted by Crippen LogP contribution is -2.39. The quantitative estimate of drug-likeness (QED) is 0.313. The second-order valence-corrected chi connectivity index (χ2v) is 8.62. The minimum absolute atomic E-state index is 0.433. The maximum Gasteiger partial charge on any atom is 0.349 e. The molecule has 0 unspecified atom stereocenters. The predicted octanol–water partition coefficient (Wildman–Crippen LogP) is 5.19. The number of nitrogens with zero attached hydrogens (tertiary/aromatic N) is 3. The van der Waals surface area contributed by atoms with Crippen LogP contribution in [-0.4, -0.2) is 40.3 Å². The lowest BCUT2D eigenvalue weighted by Gasteiger charge is -2.23. The Morgan fingerprint density at radius 3 is 2.23 bits per heavy atom. The highest BCUT2D eigenvalue weighted by atomic mass is 16.6. The summed E-state index contributed by atoms with van der Waals surface area (Å²) in [4.78, 5) is 13.6. The number of aromatic nitrogens is 3. The Morgan fingerprint density at radius 2 is 1.54 bits per heavy atom. The Hall–Kier alpha value is -4.13. The molecule has 0 aliphatic carbocycles. The summed E-state index contributed by atoms with van der Waals surface area (Å²) in [6, 6.07) is 25.3. The number of carbonyl (C=O) groups is 1. The van der Waals surface area contributed by atoms with Gasteiger partial charge in [-0.25, -0.2) is 4.79 Å². The molecule has 7 nitrogen and oxygen atoms in total. The number of rotatable bonds is 9. The molecule has 4 rings (SSSR count). The van der Waals surface area contributed by atoms with Gasteiger partial charge in [0.1, 0.15) is 11.5 Å². The average molecular weight is 472 g/mol. The number of para-hydroxylation sites is 1. The van der Waals surface area contributed by atoms with E-state index in [1.54, 1.807) is 18.6 Å². The fourth-order valence-electron chi connectivity index (χ4n) is 3.67. The zero-order valence-electron chi connectivity index (χ0n) is 20.4. The zero-order valence-corrected chi connectivity index (χ0v) is 20.4. The van der Waals surface area contributed by atoms with Crippen LogP contribution in [0.15, 0.2) is 78.9 Å². The molecular weight excluding hydrogens is 442 g/mol. The number of hydrogen-bond donors (Lipinski definition) is 0. The van der Waals surface area contributed by atoms with Crippen molar-refractivity contribution >= 4 is 5.97 Å². The third-order valence-electron chi connectivity index (χ3n) is 5.52. The molecule has 1 heterocycles. The first-order chi connectivity index (χ1) is 16.9. The Balaban J connectivity index is 1.41. The first-order valence-corrected chi connectivity index (χ1v) is 11.4. The van der Waals surface area contributed by atoms with E-state index in [0.29, 0.717) is 18.8 Å². The van der Waals surface area contributed by atoms with Gasteiger partial charge in [-0.3, -0.25) is 0 Å². The number of ether oxygens (including phenoxy) is 3. The molecule has 0 atom stereocenters. The van der Waals surface area contributed by atoms with E-state index in [1.165, 1.54) is 7.11 Å². The van der Waals surface area contributed by atoms with E-state index in [-0.39, 0.29) is 0 Å². The summed E-state index contributed by atoms with van der Waals surface area (Å²) in [5, 5.41) is 9.13. The molecule has 3 aromatic carbocycles. The third-order valence-corrected chi connectivity index (χ3v) is 5.52. The molecule has 1 aromatic heterocycles. The summed E-state index contributed by atoms with van der Waals surface area (Å²) >= 11 is 0. The smallest absolute Gasteiger partial charge is 0.349 e.